The number of nitrogens with two attached hydrogens (primary N) is 1. The van der Waals surface area contributed by atoms with E-state index in [1.165, 1.54) is 0 Å². The SMILES string of the molecule is NCCCCCC(=O)Cc1cccc(Cl)c1. The first-order valence-electron chi connectivity index (χ1n) is 5.68. The zero-order valence-electron chi connectivity index (χ0n) is 9.42. The van der Waals surface area contributed by atoms with Crippen LogP contribution in [0.4, 0.5) is 0 Å². The summed E-state index contributed by atoms with van der Waals surface area (Å²) in [5, 5.41) is 0.688. The van der Waals surface area contributed by atoms with Crippen molar-refractivity contribution in [1.29, 1.82) is 0 Å². The number of Topliss-reactive ketones (excluding diaryl/α,β-unsaturated/α-hetero) is 1. The molecule has 0 aromatic heterocycles. The van der Waals surface area contributed by atoms with E-state index in [2.05, 4.69) is 0 Å². The Morgan fingerprint density at radius 2 is 2.06 bits per heavy atom. The van der Waals surface area contributed by atoms with E-state index in [9.17, 15) is 4.79 Å². The van der Waals surface area contributed by atoms with Gasteiger partial charge in [-0.3, -0.25) is 4.79 Å². The number of halogens is 1. The lowest BCUT2D eigenvalue weighted by Gasteiger charge is -2.02. The molecule has 1 aromatic rings. The third kappa shape index (κ3) is 5.29. The second kappa shape index (κ2) is 7.42. The molecule has 0 unspecified atom stereocenters. The second-order valence-corrected chi connectivity index (χ2v) is 4.38. The Bertz CT molecular complexity index is 338. The molecule has 2 nitrogen and oxygen atoms in total. The lowest BCUT2D eigenvalue weighted by Crippen LogP contribution is -2.03. The van der Waals surface area contributed by atoms with Crippen molar-refractivity contribution in [3.8, 4) is 0 Å². The van der Waals surface area contributed by atoms with Crippen LogP contribution in [0, 0.1) is 0 Å². The number of carbonyl (C=O) groups is 1. The van der Waals surface area contributed by atoms with Gasteiger partial charge >= 0.3 is 0 Å². The van der Waals surface area contributed by atoms with E-state index < -0.39 is 0 Å². The minimum atomic E-state index is 0.277. The zero-order chi connectivity index (χ0) is 11.8. The quantitative estimate of drug-likeness (QED) is 0.744. The first-order chi connectivity index (χ1) is 7.72. The molecule has 1 rings (SSSR count). The van der Waals surface area contributed by atoms with E-state index in [0.717, 1.165) is 24.8 Å². The summed E-state index contributed by atoms with van der Waals surface area (Å²) in [5.74, 6) is 0.277. The Morgan fingerprint density at radius 3 is 2.75 bits per heavy atom. The Hall–Kier alpha value is -0.860. The van der Waals surface area contributed by atoms with Gasteiger partial charge in [0, 0.05) is 17.9 Å². The highest BCUT2D eigenvalue weighted by molar-refractivity contribution is 6.30. The zero-order valence-corrected chi connectivity index (χ0v) is 10.2. The van der Waals surface area contributed by atoms with Crippen molar-refractivity contribution in [3.05, 3.63) is 34.9 Å². The van der Waals surface area contributed by atoms with Crippen LogP contribution < -0.4 is 5.73 Å². The maximum Gasteiger partial charge on any atom is 0.137 e. The summed E-state index contributed by atoms with van der Waals surface area (Å²) in [4.78, 5) is 11.6. The van der Waals surface area contributed by atoms with Crippen molar-refractivity contribution >= 4 is 17.4 Å². The molecular formula is C13H18ClNO. The maximum atomic E-state index is 11.6. The normalized spacial score (nSPS) is 10.4. The fourth-order valence-electron chi connectivity index (χ4n) is 1.61. The number of benzene rings is 1. The Labute approximate surface area is 102 Å². The van der Waals surface area contributed by atoms with Gasteiger partial charge in [0.2, 0.25) is 0 Å². The van der Waals surface area contributed by atoms with E-state index in [4.69, 9.17) is 17.3 Å². The number of hydrogen-bond acceptors (Lipinski definition) is 2. The molecule has 3 heteroatoms. The van der Waals surface area contributed by atoms with Crippen molar-refractivity contribution in [3.63, 3.8) is 0 Å². The standard InChI is InChI=1S/C13H18ClNO/c14-12-6-4-5-11(9-12)10-13(16)7-2-1-3-8-15/h4-6,9H,1-3,7-8,10,15H2. The van der Waals surface area contributed by atoms with Gasteiger partial charge in [-0.15, -0.1) is 0 Å². The first kappa shape index (κ1) is 13.2. The summed E-state index contributed by atoms with van der Waals surface area (Å²) in [5.41, 5.74) is 6.38. The Balaban J connectivity index is 2.29. The molecular weight excluding hydrogens is 222 g/mol. The second-order valence-electron chi connectivity index (χ2n) is 3.94. The fourth-order valence-corrected chi connectivity index (χ4v) is 1.82. The van der Waals surface area contributed by atoms with Crippen LogP contribution in [0.15, 0.2) is 24.3 Å². The molecule has 0 saturated carbocycles. The van der Waals surface area contributed by atoms with E-state index >= 15 is 0 Å². The number of ketones is 1. The Morgan fingerprint density at radius 1 is 1.25 bits per heavy atom. The van der Waals surface area contributed by atoms with Crippen LogP contribution in [-0.4, -0.2) is 12.3 Å². The van der Waals surface area contributed by atoms with Crippen LogP contribution in [0.3, 0.4) is 0 Å². The highest BCUT2D eigenvalue weighted by atomic mass is 35.5. The molecule has 0 amide bonds. The fraction of sp³-hybridized carbons (Fsp3) is 0.462. The summed E-state index contributed by atoms with van der Waals surface area (Å²) in [6.45, 7) is 0.711. The van der Waals surface area contributed by atoms with Crippen LogP contribution in [0.2, 0.25) is 5.02 Å². The average Bonchev–Trinajstić information content (AvgIpc) is 2.24. The molecule has 1 aromatic carbocycles. The van der Waals surface area contributed by atoms with E-state index in [1.54, 1.807) is 0 Å². The van der Waals surface area contributed by atoms with Crippen molar-refractivity contribution in [2.45, 2.75) is 32.1 Å². The summed E-state index contributed by atoms with van der Waals surface area (Å²) in [6, 6.07) is 7.47. The monoisotopic (exact) mass is 239 g/mol. The molecule has 0 atom stereocenters. The molecule has 0 bridgehead atoms. The van der Waals surface area contributed by atoms with Crippen molar-refractivity contribution in [1.82, 2.24) is 0 Å². The van der Waals surface area contributed by atoms with Gasteiger partial charge in [0.05, 0.1) is 0 Å². The number of unbranched alkanes of at least 4 members (excludes halogenated alkanes) is 2. The van der Waals surface area contributed by atoms with Crippen molar-refractivity contribution < 1.29 is 4.79 Å². The minimum absolute atomic E-state index is 0.277. The molecule has 0 radical (unpaired) electrons. The molecule has 0 aliphatic carbocycles. The third-order valence-corrected chi connectivity index (χ3v) is 2.69. The summed E-state index contributed by atoms with van der Waals surface area (Å²) >= 11 is 5.85. The predicted molar refractivity (Wildman–Crippen MR) is 67.7 cm³/mol. The van der Waals surface area contributed by atoms with Gasteiger partial charge in [0.1, 0.15) is 5.78 Å². The lowest BCUT2D eigenvalue weighted by molar-refractivity contribution is -0.118. The molecule has 0 spiro atoms. The largest absolute Gasteiger partial charge is 0.330 e. The van der Waals surface area contributed by atoms with Crippen molar-refractivity contribution in [2.75, 3.05) is 6.54 Å². The van der Waals surface area contributed by atoms with Crippen LogP contribution >= 0.6 is 11.6 Å². The van der Waals surface area contributed by atoms with Crippen LogP contribution in [-0.2, 0) is 11.2 Å². The highest BCUT2D eigenvalue weighted by Crippen LogP contribution is 2.12. The number of carbonyl (C=O) groups excluding carboxylic acids is 1. The van der Waals surface area contributed by atoms with Gasteiger partial charge in [-0.05, 0) is 37.1 Å². The molecule has 0 saturated heterocycles. The van der Waals surface area contributed by atoms with E-state index in [-0.39, 0.29) is 5.78 Å². The third-order valence-electron chi connectivity index (χ3n) is 2.45. The van der Waals surface area contributed by atoms with Crippen LogP contribution in [0.1, 0.15) is 31.2 Å². The summed E-state index contributed by atoms with van der Waals surface area (Å²) in [6.07, 6.45) is 4.12. The molecule has 0 aliphatic heterocycles. The van der Waals surface area contributed by atoms with Gasteiger partial charge in [-0.1, -0.05) is 30.2 Å². The number of hydrogen-bond donors (Lipinski definition) is 1. The minimum Gasteiger partial charge on any atom is -0.330 e. The van der Waals surface area contributed by atoms with E-state index in [1.807, 2.05) is 24.3 Å². The van der Waals surface area contributed by atoms with E-state index in [0.29, 0.717) is 24.4 Å². The van der Waals surface area contributed by atoms with Crippen LogP contribution in [0.5, 0.6) is 0 Å². The Kier molecular flexibility index (Phi) is 6.12. The first-order valence-corrected chi connectivity index (χ1v) is 6.06. The molecule has 16 heavy (non-hydrogen) atoms. The average molecular weight is 240 g/mol. The van der Waals surface area contributed by atoms with Gasteiger partial charge < -0.3 is 5.73 Å². The lowest BCUT2D eigenvalue weighted by atomic mass is 10.0. The molecule has 0 fully saturated rings. The summed E-state index contributed by atoms with van der Waals surface area (Å²) < 4.78 is 0. The smallest absolute Gasteiger partial charge is 0.137 e. The molecule has 2 N–H and O–H groups in total. The summed E-state index contributed by atoms with van der Waals surface area (Å²) in [7, 11) is 0. The van der Waals surface area contributed by atoms with Gasteiger partial charge in [0.15, 0.2) is 0 Å². The highest BCUT2D eigenvalue weighted by Gasteiger charge is 2.03. The molecule has 0 heterocycles. The van der Waals surface area contributed by atoms with Crippen molar-refractivity contribution in [2.24, 2.45) is 5.73 Å². The maximum absolute atomic E-state index is 11.6. The van der Waals surface area contributed by atoms with Gasteiger partial charge in [-0.25, -0.2) is 0 Å². The molecule has 88 valence electrons. The molecule has 0 aliphatic rings. The van der Waals surface area contributed by atoms with Gasteiger partial charge in [-0.2, -0.15) is 0 Å². The predicted octanol–water partition coefficient (Wildman–Crippen LogP) is 2.97. The number of rotatable bonds is 7. The van der Waals surface area contributed by atoms with Crippen LogP contribution in [0.25, 0.3) is 0 Å². The topological polar surface area (TPSA) is 43.1 Å². The van der Waals surface area contributed by atoms with Gasteiger partial charge in [0.25, 0.3) is 0 Å².